The zero-order valence-corrected chi connectivity index (χ0v) is 13.3. The van der Waals surface area contributed by atoms with Crippen LogP contribution in [0.1, 0.15) is 18.4 Å². The minimum Gasteiger partial charge on any atom is -0.382 e. The highest BCUT2D eigenvalue weighted by Gasteiger charge is 2.10. The van der Waals surface area contributed by atoms with Gasteiger partial charge in [0.05, 0.1) is 13.2 Å². The molecule has 1 atom stereocenters. The standard InChI is InChI=1S/C16H26ClNO2/c1-18-13-14(6-5-9-20-11-10-19-2)12-15-7-3-4-8-16(15)17/h3-4,7-8,14,18H,5-6,9-13H2,1-2H3. The summed E-state index contributed by atoms with van der Waals surface area (Å²) < 4.78 is 10.5. The molecule has 0 heterocycles. The summed E-state index contributed by atoms with van der Waals surface area (Å²) in [6.07, 6.45) is 3.22. The average Bonchev–Trinajstić information content (AvgIpc) is 2.45. The maximum absolute atomic E-state index is 6.23. The Morgan fingerprint density at radius 1 is 1.20 bits per heavy atom. The van der Waals surface area contributed by atoms with Gasteiger partial charge in [0.1, 0.15) is 0 Å². The molecule has 3 nitrogen and oxygen atoms in total. The first-order valence-corrected chi connectivity index (χ1v) is 7.60. The largest absolute Gasteiger partial charge is 0.382 e. The number of rotatable bonds is 11. The zero-order valence-electron chi connectivity index (χ0n) is 12.5. The molecule has 1 rings (SSSR count). The number of hydrogen-bond donors (Lipinski definition) is 1. The lowest BCUT2D eigenvalue weighted by molar-refractivity contribution is 0.0672. The number of hydrogen-bond acceptors (Lipinski definition) is 3. The van der Waals surface area contributed by atoms with Gasteiger partial charge in [0.15, 0.2) is 0 Å². The van der Waals surface area contributed by atoms with Gasteiger partial charge in [0.2, 0.25) is 0 Å². The topological polar surface area (TPSA) is 30.5 Å². The molecule has 1 aromatic carbocycles. The minimum atomic E-state index is 0.589. The Bertz CT molecular complexity index is 360. The van der Waals surface area contributed by atoms with Crippen LogP contribution in [0.3, 0.4) is 0 Å². The molecule has 20 heavy (non-hydrogen) atoms. The van der Waals surface area contributed by atoms with Crippen molar-refractivity contribution in [3.05, 3.63) is 34.9 Å². The molecule has 0 aliphatic rings. The number of nitrogens with one attached hydrogen (secondary N) is 1. The third-order valence-electron chi connectivity index (χ3n) is 3.29. The normalized spacial score (nSPS) is 12.6. The van der Waals surface area contributed by atoms with Gasteiger partial charge in [-0.1, -0.05) is 29.8 Å². The lowest BCUT2D eigenvalue weighted by Crippen LogP contribution is -2.21. The maximum Gasteiger partial charge on any atom is 0.0700 e. The highest BCUT2D eigenvalue weighted by Crippen LogP contribution is 2.21. The molecule has 4 heteroatoms. The number of ether oxygens (including phenoxy) is 2. The first kappa shape index (κ1) is 17.4. The van der Waals surface area contributed by atoms with Gasteiger partial charge in [0.25, 0.3) is 0 Å². The van der Waals surface area contributed by atoms with Crippen LogP contribution in [0.15, 0.2) is 24.3 Å². The van der Waals surface area contributed by atoms with Gasteiger partial charge in [0, 0.05) is 18.7 Å². The van der Waals surface area contributed by atoms with Gasteiger partial charge in [-0.15, -0.1) is 0 Å². The van der Waals surface area contributed by atoms with E-state index in [1.807, 2.05) is 25.2 Å². The van der Waals surface area contributed by atoms with Crippen LogP contribution in [-0.2, 0) is 15.9 Å². The number of methoxy groups -OCH3 is 1. The summed E-state index contributed by atoms with van der Waals surface area (Å²) in [4.78, 5) is 0. The Labute approximate surface area is 127 Å². The molecule has 0 fully saturated rings. The van der Waals surface area contributed by atoms with Crippen molar-refractivity contribution in [1.29, 1.82) is 0 Å². The van der Waals surface area contributed by atoms with Crippen LogP contribution in [0.5, 0.6) is 0 Å². The summed E-state index contributed by atoms with van der Waals surface area (Å²) in [5.41, 5.74) is 1.23. The minimum absolute atomic E-state index is 0.589. The zero-order chi connectivity index (χ0) is 14.6. The molecule has 0 radical (unpaired) electrons. The van der Waals surface area contributed by atoms with E-state index in [2.05, 4.69) is 11.4 Å². The Kier molecular flexibility index (Phi) is 9.67. The van der Waals surface area contributed by atoms with Gasteiger partial charge >= 0.3 is 0 Å². The fraction of sp³-hybridized carbons (Fsp3) is 0.625. The second-order valence-corrected chi connectivity index (χ2v) is 5.37. The van der Waals surface area contributed by atoms with E-state index in [4.69, 9.17) is 21.1 Å². The molecule has 0 aromatic heterocycles. The van der Waals surface area contributed by atoms with Crippen LogP contribution >= 0.6 is 11.6 Å². The molecule has 0 aliphatic carbocycles. The molecule has 0 saturated carbocycles. The molecule has 0 spiro atoms. The molecule has 0 saturated heterocycles. The van der Waals surface area contributed by atoms with Crippen molar-refractivity contribution in [3.8, 4) is 0 Å². The molecule has 1 N–H and O–H groups in total. The summed E-state index contributed by atoms with van der Waals surface area (Å²) in [7, 11) is 3.69. The van der Waals surface area contributed by atoms with Crippen LogP contribution in [0, 0.1) is 5.92 Å². The number of benzene rings is 1. The third-order valence-corrected chi connectivity index (χ3v) is 3.66. The van der Waals surface area contributed by atoms with Crippen LogP contribution in [0.25, 0.3) is 0 Å². The molecule has 0 amide bonds. The Hall–Kier alpha value is -0.610. The van der Waals surface area contributed by atoms with Gasteiger partial charge in [-0.3, -0.25) is 0 Å². The summed E-state index contributed by atoms with van der Waals surface area (Å²) in [5.74, 6) is 0.589. The fourth-order valence-electron chi connectivity index (χ4n) is 2.26. The van der Waals surface area contributed by atoms with Gasteiger partial charge in [-0.05, 0) is 50.4 Å². The van der Waals surface area contributed by atoms with Crippen molar-refractivity contribution < 1.29 is 9.47 Å². The quantitative estimate of drug-likeness (QED) is 0.637. The van der Waals surface area contributed by atoms with Gasteiger partial charge in [-0.2, -0.15) is 0 Å². The summed E-state index contributed by atoms with van der Waals surface area (Å²) in [6.45, 7) is 3.15. The number of halogens is 1. The van der Waals surface area contributed by atoms with Gasteiger partial charge in [-0.25, -0.2) is 0 Å². The molecule has 114 valence electrons. The van der Waals surface area contributed by atoms with E-state index in [1.165, 1.54) is 5.56 Å². The average molecular weight is 300 g/mol. The van der Waals surface area contributed by atoms with E-state index >= 15 is 0 Å². The van der Waals surface area contributed by atoms with E-state index in [1.54, 1.807) is 7.11 Å². The SMILES string of the molecule is CNCC(CCCOCCOC)Cc1ccccc1Cl. The van der Waals surface area contributed by atoms with Crippen molar-refractivity contribution in [2.24, 2.45) is 5.92 Å². The Morgan fingerprint density at radius 2 is 2.00 bits per heavy atom. The monoisotopic (exact) mass is 299 g/mol. The van der Waals surface area contributed by atoms with Crippen LogP contribution in [0.2, 0.25) is 5.02 Å². The van der Waals surface area contributed by atoms with Crippen LogP contribution in [-0.4, -0.2) is 40.5 Å². The lowest BCUT2D eigenvalue weighted by atomic mass is 9.95. The van der Waals surface area contributed by atoms with Crippen molar-refractivity contribution in [2.75, 3.05) is 40.5 Å². The first-order chi connectivity index (χ1) is 9.77. The fourth-order valence-corrected chi connectivity index (χ4v) is 2.47. The summed E-state index contributed by atoms with van der Waals surface area (Å²) in [6, 6.07) is 8.09. The molecule has 0 bridgehead atoms. The smallest absolute Gasteiger partial charge is 0.0700 e. The highest BCUT2D eigenvalue weighted by atomic mass is 35.5. The van der Waals surface area contributed by atoms with E-state index < -0.39 is 0 Å². The van der Waals surface area contributed by atoms with E-state index in [0.29, 0.717) is 19.1 Å². The molecular weight excluding hydrogens is 274 g/mol. The Morgan fingerprint density at radius 3 is 2.70 bits per heavy atom. The molecule has 0 aliphatic heterocycles. The predicted octanol–water partition coefficient (Wildman–Crippen LogP) is 3.16. The first-order valence-electron chi connectivity index (χ1n) is 7.22. The summed E-state index contributed by atoms with van der Waals surface area (Å²) in [5, 5.41) is 4.13. The van der Waals surface area contributed by atoms with E-state index in [9.17, 15) is 0 Å². The Balaban J connectivity index is 2.31. The predicted molar refractivity (Wildman–Crippen MR) is 84.5 cm³/mol. The lowest BCUT2D eigenvalue weighted by Gasteiger charge is -2.17. The van der Waals surface area contributed by atoms with Crippen molar-refractivity contribution in [2.45, 2.75) is 19.3 Å². The molecular formula is C16H26ClNO2. The highest BCUT2D eigenvalue weighted by molar-refractivity contribution is 6.31. The third kappa shape index (κ3) is 7.25. The van der Waals surface area contributed by atoms with Crippen LogP contribution in [0.4, 0.5) is 0 Å². The maximum atomic E-state index is 6.23. The summed E-state index contributed by atoms with van der Waals surface area (Å²) >= 11 is 6.23. The van der Waals surface area contributed by atoms with Crippen molar-refractivity contribution >= 4 is 11.6 Å². The second-order valence-electron chi connectivity index (χ2n) is 4.97. The van der Waals surface area contributed by atoms with E-state index in [0.717, 1.165) is 37.4 Å². The van der Waals surface area contributed by atoms with Gasteiger partial charge < -0.3 is 14.8 Å². The molecule has 1 unspecified atom stereocenters. The van der Waals surface area contributed by atoms with Crippen LogP contribution < -0.4 is 5.32 Å². The van der Waals surface area contributed by atoms with E-state index in [-0.39, 0.29) is 0 Å². The second kappa shape index (κ2) is 11.1. The molecule has 1 aromatic rings. The van der Waals surface area contributed by atoms with Crippen molar-refractivity contribution in [1.82, 2.24) is 5.32 Å². The van der Waals surface area contributed by atoms with Crippen molar-refractivity contribution in [3.63, 3.8) is 0 Å².